The van der Waals surface area contributed by atoms with Gasteiger partial charge in [-0.05, 0) is 18.6 Å². The summed E-state index contributed by atoms with van der Waals surface area (Å²) in [7, 11) is 0. The average Bonchev–Trinajstić information content (AvgIpc) is 2.47. The molecule has 0 saturated carbocycles. The maximum Gasteiger partial charge on any atom is 0.287 e. The molecule has 0 spiro atoms. The molecule has 0 fully saturated rings. The molecular weight excluding hydrogens is 284 g/mol. The normalized spacial score (nSPS) is 15.5. The summed E-state index contributed by atoms with van der Waals surface area (Å²) in [5, 5.41) is 10.7. The van der Waals surface area contributed by atoms with E-state index >= 15 is 0 Å². The molecule has 0 bridgehead atoms. The molecule has 114 valence electrons. The highest BCUT2D eigenvalue weighted by Gasteiger charge is 2.32. The summed E-state index contributed by atoms with van der Waals surface area (Å²) >= 11 is 0. The molecule has 22 heavy (non-hydrogen) atoms. The van der Waals surface area contributed by atoms with Gasteiger partial charge >= 0.3 is 0 Å². The molecule has 2 aromatic rings. The number of rotatable bonds is 3. The van der Waals surface area contributed by atoms with E-state index in [1.54, 1.807) is 0 Å². The number of hydrogen-bond acceptors (Lipinski definition) is 5. The van der Waals surface area contributed by atoms with Crippen LogP contribution in [0.3, 0.4) is 0 Å². The number of hydrogen-bond donors (Lipinski definition) is 0. The Hall–Kier alpha value is -2.63. The lowest BCUT2D eigenvalue weighted by Gasteiger charge is -2.33. The van der Waals surface area contributed by atoms with Gasteiger partial charge in [-0.1, -0.05) is 19.9 Å². The van der Waals surface area contributed by atoms with Gasteiger partial charge in [-0.15, -0.1) is 0 Å². The van der Waals surface area contributed by atoms with Gasteiger partial charge in [-0.3, -0.25) is 10.1 Å². The van der Waals surface area contributed by atoms with Crippen molar-refractivity contribution in [3.8, 4) is 17.4 Å². The van der Waals surface area contributed by atoms with Crippen LogP contribution in [0.25, 0.3) is 0 Å². The zero-order chi connectivity index (χ0) is 15.7. The van der Waals surface area contributed by atoms with Crippen LogP contribution in [0, 0.1) is 10.1 Å². The van der Waals surface area contributed by atoms with E-state index in [2.05, 4.69) is 18.8 Å². The Balaban J connectivity index is 1.95. The van der Waals surface area contributed by atoms with Crippen molar-refractivity contribution in [1.82, 2.24) is 4.98 Å². The van der Waals surface area contributed by atoms with E-state index in [-0.39, 0.29) is 11.1 Å². The van der Waals surface area contributed by atoms with Crippen LogP contribution in [0.1, 0.15) is 25.8 Å². The predicted octanol–water partition coefficient (Wildman–Crippen LogP) is 3.84. The van der Waals surface area contributed by atoms with Crippen molar-refractivity contribution in [3.63, 3.8) is 0 Å². The molecule has 0 radical (unpaired) electrons. The number of pyridine rings is 1. The van der Waals surface area contributed by atoms with Crippen molar-refractivity contribution in [2.45, 2.75) is 25.7 Å². The van der Waals surface area contributed by atoms with Gasteiger partial charge in [0, 0.05) is 23.1 Å². The Kier molecular flexibility index (Phi) is 3.44. The third kappa shape index (κ3) is 2.59. The van der Waals surface area contributed by atoms with Crippen LogP contribution < -0.4 is 9.47 Å². The molecule has 0 N–H and O–H groups in total. The smallest absolute Gasteiger partial charge is 0.287 e. The van der Waals surface area contributed by atoms with Crippen LogP contribution in [-0.2, 0) is 5.41 Å². The van der Waals surface area contributed by atoms with Crippen LogP contribution in [0.5, 0.6) is 17.4 Å². The zero-order valence-corrected chi connectivity index (χ0v) is 12.4. The fourth-order valence-corrected chi connectivity index (χ4v) is 2.58. The standard InChI is InChI=1S/C16H16N2O4/c1-16(2)8-9-21-12-4-3-5-13(15(12)16)22-14-7-6-11(10-17-14)18(19)20/h3-7,10H,8-9H2,1-2H3. The number of nitrogens with zero attached hydrogens (tertiary/aromatic N) is 2. The van der Waals surface area contributed by atoms with Crippen LogP contribution in [0.15, 0.2) is 36.5 Å². The highest BCUT2D eigenvalue weighted by Crippen LogP contribution is 2.44. The summed E-state index contributed by atoms with van der Waals surface area (Å²) in [5.74, 6) is 1.81. The fourth-order valence-electron chi connectivity index (χ4n) is 2.58. The number of fused-ring (bicyclic) bond motifs is 1. The lowest BCUT2D eigenvalue weighted by molar-refractivity contribution is -0.385. The largest absolute Gasteiger partial charge is 0.493 e. The molecule has 6 heteroatoms. The molecule has 1 aliphatic heterocycles. The van der Waals surface area contributed by atoms with Crippen molar-refractivity contribution in [2.24, 2.45) is 0 Å². The van der Waals surface area contributed by atoms with E-state index < -0.39 is 4.92 Å². The molecule has 1 aromatic heterocycles. The first kappa shape index (κ1) is 14.3. The molecule has 0 saturated heterocycles. The summed E-state index contributed by atoms with van der Waals surface area (Å²) in [6.07, 6.45) is 2.08. The Morgan fingerprint density at radius 2 is 2.14 bits per heavy atom. The van der Waals surface area contributed by atoms with Gasteiger partial charge in [0.1, 0.15) is 17.7 Å². The SMILES string of the molecule is CC1(C)CCOc2cccc(Oc3ccc([N+](=O)[O-])cn3)c21. The van der Waals surface area contributed by atoms with E-state index in [1.807, 2.05) is 18.2 Å². The van der Waals surface area contributed by atoms with Crippen molar-refractivity contribution in [2.75, 3.05) is 6.61 Å². The minimum atomic E-state index is -0.488. The Morgan fingerprint density at radius 1 is 1.32 bits per heavy atom. The van der Waals surface area contributed by atoms with Crippen LogP contribution in [-0.4, -0.2) is 16.5 Å². The maximum atomic E-state index is 10.7. The quantitative estimate of drug-likeness (QED) is 0.636. The first-order chi connectivity index (χ1) is 10.5. The third-order valence-electron chi connectivity index (χ3n) is 3.80. The molecule has 0 unspecified atom stereocenters. The van der Waals surface area contributed by atoms with Crippen molar-refractivity contribution < 1.29 is 14.4 Å². The van der Waals surface area contributed by atoms with Crippen molar-refractivity contribution in [3.05, 3.63) is 52.2 Å². The summed E-state index contributed by atoms with van der Waals surface area (Å²) in [5.41, 5.74) is 0.873. The van der Waals surface area contributed by atoms with Crippen LogP contribution in [0.4, 0.5) is 5.69 Å². The van der Waals surface area contributed by atoms with Gasteiger partial charge in [-0.25, -0.2) is 4.98 Å². The lowest BCUT2D eigenvalue weighted by Crippen LogP contribution is -2.27. The zero-order valence-electron chi connectivity index (χ0n) is 12.4. The van der Waals surface area contributed by atoms with Gasteiger partial charge in [0.15, 0.2) is 0 Å². The van der Waals surface area contributed by atoms with Gasteiger partial charge in [0.25, 0.3) is 5.69 Å². The number of nitro groups is 1. The van der Waals surface area contributed by atoms with Crippen LogP contribution >= 0.6 is 0 Å². The van der Waals surface area contributed by atoms with E-state index in [1.165, 1.54) is 18.3 Å². The number of benzene rings is 1. The molecule has 2 heterocycles. The number of ether oxygens (including phenoxy) is 2. The highest BCUT2D eigenvalue weighted by atomic mass is 16.6. The van der Waals surface area contributed by atoms with E-state index in [4.69, 9.17) is 9.47 Å². The highest BCUT2D eigenvalue weighted by molar-refractivity contribution is 5.51. The minimum absolute atomic E-state index is 0.0638. The van der Waals surface area contributed by atoms with Crippen LogP contribution in [0.2, 0.25) is 0 Å². The molecule has 1 aliphatic rings. The topological polar surface area (TPSA) is 74.5 Å². The second-order valence-corrected chi connectivity index (χ2v) is 5.83. The molecule has 0 aliphatic carbocycles. The van der Waals surface area contributed by atoms with Crippen molar-refractivity contribution in [1.29, 1.82) is 0 Å². The first-order valence-corrected chi connectivity index (χ1v) is 7.02. The van der Waals surface area contributed by atoms with Gasteiger partial charge in [0.2, 0.25) is 5.88 Å². The summed E-state index contributed by atoms with van der Waals surface area (Å²) in [6, 6.07) is 8.51. The molecule has 0 amide bonds. The van der Waals surface area contributed by atoms with Crippen molar-refractivity contribution >= 4 is 5.69 Å². The third-order valence-corrected chi connectivity index (χ3v) is 3.80. The average molecular weight is 300 g/mol. The maximum absolute atomic E-state index is 10.7. The lowest BCUT2D eigenvalue weighted by atomic mass is 9.79. The summed E-state index contributed by atoms with van der Waals surface area (Å²) < 4.78 is 11.5. The molecule has 3 rings (SSSR count). The molecule has 1 aromatic carbocycles. The minimum Gasteiger partial charge on any atom is -0.493 e. The summed E-state index contributed by atoms with van der Waals surface area (Å²) in [6.45, 7) is 4.97. The van der Waals surface area contributed by atoms with Gasteiger partial charge in [-0.2, -0.15) is 0 Å². The first-order valence-electron chi connectivity index (χ1n) is 7.02. The Bertz CT molecular complexity index is 711. The second kappa shape index (κ2) is 5.29. The van der Waals surface area contributed by atoms with Gasteiger partial charge in [0.05, 0.1) is 11.5 Å². The van der Waals surface area contributed by atoms with E-state index in [9.17, 15) is 10.1 Å². The van der Waals surface area contributed by atoms with E-state index in [0.29, 0.717) is 18.2 Å². The number of aromatic nitrogens is 1. The predicted molar refractivity (Wildman–Crippen MR) is 80.5 cm³/mol. The van der Waals surface area contributed by atoms with Gasteiger partial charge < -0.3 is 9.47 Å². The van der Waals surface area contributed by atoms with E-state index in [0.717, 1.165) is 17.7 Å². The molecular formula is C16H16N2O4. The Morgan fingerprint density at radius 3 is 2.82 bits per heavy atom. The monoisotopic (exact) mass is 300 g/mol. The Labute approximate surface area is 127 Å². The second-order valence-electron chi connectivity index (χ2n) is 5.83. The summed E-state index contributed by atoms with van der Waals surface area (Å²) in [4.78, 5) is 14.2. The molecule has 0 atom stereocenters. The fraction of sp³-hybridized carbons (Fsp3) is 0.312. The molecule has 6 nitrogen and oxygen atoms in total.